The van der Waals surface area contributed by atoms with Crippen LogP contribution in [0.15, 0.2) is 106 Å². The summed E-state index contributed by atoms with van der Waals surface area (Å²) in [4.78, 5) is 0. The first kappa shape index (κ1) is 30.7. The maximum atomic E-state index is 14.5. The summed E-state index contributed by atoms with van der Waals surface area (Å²) in [6.07, 6.45) is 6.45. The summed E-state index contributed by atoms with van der Waals surface area (Å²) in [7, 11) is -1.26. The van der Waals surface area contributed by atoms with Crippen LogP contribution in [0.4, 0.5) is 8.78 Å². The van der Waals surface area contributed by atoms with Crippen molar-refractivity contribution in [3.05, 3.63) is 140 Å². The number of hydrogen-bond acceptors (Lipinski definition) is 4. The van der Waals surface area contributed by atoms with Crippen molar-refractivity contribution in [1.82, 2.24) is 0 Å². The van der Waals surface area contributed by atoms with Crippen LogP contribution in [-0.2, 0) is 9.84 Å². The van der Waals surface area contributed by atoms with Crippen molar-refractivity contribution in [3.63, 3.8) is 0 Å². The molecule has 2 atom stereocenters. The molecule has 0 N–H and O–H groups in total. The third kappa shape index (κ3) is 7.52. The van der Waals surface area contributed by atoms with Crippen LogP contribution in [0.3, 0.4) is 0 Å². The Morgan fingerprint density at radius 1 is 0.634 bits per heavy atom. The van der Waals surface area contributed by atoms with Crippen LogP contribution in [0.5, 0.6) is 11.5 Å². The second-order valence-corrected chi connectivity index (χ2v) is 13.1. The van der Waals surface area contributed by atoms with Gasteiger partial charge in [0.05, 0.1) is 14.2 Å². The summed E-state index contributed by atoms with van der Waals surface area (Å²) in [6.45, 7) is 0. The Balaban J connectivity index is 1.83. The molecule has 0 saturated heterocycles. The largest absolute Gasteiger partial charge is 0.494 e. The van der Waals surface area contributed by atoms with Crippen LogP contribution in [0.2, 0.25) is 0 Å². The van der Waals surface area contributed by atoms with Gasteiger partial charge in [0.15, 0.2) is 33.0 Å². The van der Waals surface area contributed by atoms with Gasteiger partial charge in [-0.25, -0.2) is 17.2 Å². The highest BCUT2D eigenvalue weighted by Gasteiger charge is 2.33. The fraction of sp³-hybridized carbons (Fsp3) is 0.125. The highest BCUT2D eigenvalue weighted by Crippen LogP contribution is 2.38. The van der Waals surface area contributed by atoms with Crippen molar-refractivity contribution < 1.29 is 26.7 Å². The predicted molar refractivity (Wildman–Crippen MR) is 167 cm³/mol. The average Bonchev–Trinajstić information content (AvgIpc) is 2.96. The molecule has 4 rings (SSSR count). The molecule has 41 heavy (non-hydrogen) atoms. The van der Waals surface area contributed by atoms with Crippen molar-refractivity contribution in [1.29, 1.82) is 0 Å². The molecule has 0 aromatic heterocycles. The highest BCUT2D eigenvalue weighted by atomic mass is 79.9. The van der Waals surface area contributed by atoms with Crippen molar-refractivity contribution in [2.75, 3.05) is 14.2 Å². The van der Waals surface area contributed by atoms with Crippen LogP contribution < -0.4 is 9.47 Å². The molecule has 0 fully saturated rings. The summed E-state index contributed by atoms with van der Waals surface area (Å²) in [5.74, 6) is -0.916. The molecule has 0 saturated carbocycles. The van der Waals surface area contributed by atoms with Gasteiger partial charge in [-0.05, 0) is 70.8 Å². The Morgan fingerprint density at radius 3 is 1.34 bits per heavy atom. The Labute approximate surface area is 255 Å². The Bertz CT molecular complexity index is 1550. The van der Waals surface area contributed by atoms with E-state index in [0.29, 0.717) is 22.3 Å². The smallest absolute Gasteiger partial charge is 0.171 e. The zero-order chi connectivity index (χ0) is 29.6. The van der Waals surface area contributed by atoms with Gasteiger partial charge in [0.25, 0.3) is 0 Å². The molecule has 0 radical (unpaired) electrons. The molecule has 2 unspecified atom stereocenters. The normalized spacial score (nSPS) is 13.4. The first-order valence-electron chi connectivity index (χ1n) is 12.4. The van der Waals surface area contributed by atoms with Crippen molar-refractivity contribution >= 4 is 53.8 Å². The summed E-state index contributed by atoms with van der Waals surface area (Å²) >= 11 is 6.83. The third-order valence-electron chi connectivity index (χ3n) is 6.38. The van der Waals surface area contributed by atoms with Crippen molar-refractivity contribution in [2.45, 2.75) is 10.5 Å². The monoisotopic (exact) mass is 702 g/mol. The van der Waals surface area contributed by atoms with E-state index in [4.69, 9.17) is 9.47 Å². The van der Waals surface area contributed by atoms with E-state index in [1.165, 1.54) is 38.5 Å². The summed E-state index contributed by atoms with van der Waals surface area (Å²) < 4.78 is 68.8. The number of hydrogen-bond donors (Lipinski definition) is 0. The Hall–Kier alpha value is -3.27. The molecule has 0 bridgehead atoms. The van der Waals surface area contributed by atoms with Gasteiger partial charge in [-0.1, -0.05) is 92.6 Å². The molecule has 4 aromatic carbocycles. The number of rotatable bonds is 10. The van der Waals surface area contributed by atoms with Gasteiger partial charge >= 0.3 is 0 Å². The third-order valence-corrected chi connectivity index (χ3v) is 9.71. The Kier molecular flexibility index (Phi) is 10.2. The van der Waals surface area contributed by atoms with E-state index in [1.54, 1.807) is 85.0 Å². The molecule has 0 spiro atoms. The molecule has 4 aromatic rings. The van der Waals surface area contributed by atoms with Gasteiger partial charge in [-0.2, -0.15) is 0 Å². The maximum absolute atomic E-state index is 14.5. The van der Waals surface area contributed by atoms with Gasteiger partial charge in [0, 0.05) is 8.95 Å². The van der Waals surface area contributed by atoms with Gasteiger partial charge in [-0.15, -0.1) is 0 Å². The zero-order valence-electron chi connectivity index (χ0n) is 22.1. The molecule has 0 aliphatic heterocycles. The van der Waals surface area contributed by atoms with E-state index >= 15 is 0 Å². The van der Waals surface area contributed by atoms with Crippen LogP contribution >= 0.6 is 31.9 Å². The van der Waals surface area contributed by atoms with Crippen LogP contribution in [-0.4, -0.2) is 22.6 Å². The number of sulfone groups is 1. The fourth-order valence-electron chi connectivity index (χ4n) is 4.24. The molecule has 4 nitrogen and oxygen atoms in total. The van der Waals surface area contributed by atoms with Crippen molar-refractivity contribution in [2.24, 2.45) is 0 Å². The molecular weight excluding hydrogens is 678 g/mol. The van der Waals surface area contributed by atoms with Gasteiger partial charge in [-0.3, -0.25) is 0 Å². The lowest BCUT2D eigenvalue weighted by Crippen LogP contribution is -2.19. The lowest BCUT2D eigenvalue weighted by Gasteiger charge is -2.22. The first-order chi connectivity index (χ1) is 19.6. The standard InChI is InChI=1S/C32H26Br2F2O4S/c1-39-29-19-21(3-15-27(29)35)5-17-31(23-7-11-25(33)12-8-23)41(37,38)32(24-9-13-26(34)14-10-24)18-6-22-4-16-28(36)30(20-22)40-2/h3-20,31-32H,1-2H3/b17-5+,18-6+. The number of halogens is 4. The fourth-order valence-corrected chi connectivity index (χ4v) is 6.75. The minimum absolute atomic E-state index is 0.0561. The lowest BCUT2D eigenvalue weighted by molar-refractivity contribution is 0.386. The second kappa shape index (κ2) is 13.6. The van der Waals surface area contributed by atoms with Crippen LogP contribution in [0.1, 0.15) is 32.8 Å². The Morgan fingerprint density at radius 2 is 1.00 bits per heavy atom. The van der Waals surface area contributed by atoms with E-state index in [0.717, 1.165) is 8.95 Å². The zero-order valence-corrected chi connectivity index (χ0v) is 26.1. The quantitative estimate of drug-likeness (QED) is 0.165. The van der Waals surface area contributed by atoms with Gasteiger partial charge < -0.3 is 9.47 Å². The number of ether oxygens (including phenoxy) is 2. The number of methoxy groups -OCH3 is 2. The predicted octanol–water partition coefficient (Wildman–Crippen LogP) is 9.13. The van der Waals surface area contributed by atoms with E-state index in [-0.39, 0.29) is 11.5 Å². The second-order valence-electron chi connectivity index (χ2n) is 9.04. The minimum Gasteiger partial charge on any atom is -0.494 e. The lowest BCUT2D eigenvalue weighted by atomic mass is 10.1. The van der Waals surface area contributed by atoms with Crippen LogP contribution in [0, 0.1) is 11.6 Å². The first-order valence-corrected chi connectivity index (χ1v) is 15.6. The minimum atomic E-state index is -4.00. The van der Waals surface area contributed by atoms with Gasteiger partial charge in [0.1, 0.15) is 10.5 Å². The topological polar surface area (TPSA) is 52.6 Å². The van der Waals surface area contributed by atoms with Crippen LogP contribution in [0.25, 0.3) is 12.2 Å². The van der Waals surface area contributed by atoms with E-state index in [9.17, 15) is 17.2 Å². The SMILES string of the molecule is COc1cc(/C=C/C(c2ccc(Br)cc2)S(=O)(=O)C(/C=C/c2ccc(F)c(OC)c2)c2ccc(Br)cc2)ccc1F. The molecule has 9 heteroatoms. The molecule has 0 amide bonds. The number of benzene rings is 4. The van der Waals surface area contributed by atoms with E-state index in [1.807, 2.05) is 0 Å². The summed E-state index contributed by atoms with van der Waals surface area (Å²) in [5.41, 5.74) is 2.26. The summed E-state index contributed by atoms with van der Waals surface area (Å²) in [5, 5.41) is -2.12. The molecular formula is C32H26Br2F2O4S. The molecule has 212 valence electrons. The van der Waals surface area contributed by atoms with Gasteiger partial charge in [0.2, 0.25) is 0 Å². The van der Waals surface area contributed by atoms with Crippen molar-refractivity contribution in [3.8, 4) is 11.5 Å². The average molecular weight is 704 g/mol. The summed E-state index contributed by atoms with van der Waals surface area (Å²) in [6, 6.07) is 22.7. The van der Waals surface area contributed by atoms with E-state index in [2.05, 4.69) is 31.9 Å². The molecule has 0 aliphatic rings. The van der Waals surface area contributed by atoms with E-state index < -0.39 is 32.0 Å². The molecule has 0 aliphatic carbocycles. The molecule has 0 heterocycles. The highest BCUT2D eigenvalue weighted by molar-refractivity contribution is 9.10. The maximum Gasteiger partial charge on any atom is 0.171 e.